The van der Waals surface area contributed by atoms with E-state index >= 15 is 0 Å². The van der Waals surface area contributed by atoms with Gasteiger partial charge >= 0.3 is 0 Å². The van der Waals surface area contributed by atoms with Crippen LogP contribution >= 0.6 is 0 Å². The van der Waals surface area contributed by atoms with Crippen molar-refractivity contribution < 1.29 is 30.3 Å². The number of hydrogen-bond donors (Lipinski definition) is 5. The van der Waals surface area contributed by atoms with Crippen LogP contribution in [0.15, 0.2) is 0 Å². The van der Waals surface area contributed by atoms with Gasteiger partial charge in [-0.15, -0.1) is 0 Å². The number of aliphatic hydroxyl groups excluding tert-OH is 5. The average Bonchev–Trinajstić information content (AvgIpc) is 2.08. The van der Waals surface area contributed by atoms with Gasteiger partial charge in [0.2, 0.25) is 0 Å². The van der Waals surface area contributed by atoms with Gasteiger partial charge < -0.3 is 30.3 Å². The maximum Gasteiger partial charge on any atom is 0.184 e. The van der Waals surface area contributed by atoms with E-state index in [-0.39, 0.29) is 0 Å². The second kappa shape index (κ2) is 3.65. The predicted molar refractivity (Wildman–Crippen MR) is 36.0 cm³/mol. The molecule has 0 aromatic rings. The Morgan fingerprint density at radius 3 is 2.00 bits per heavy atom. The first-order valence-electron chi connectivity index (χ1n) is 3.56. The molecule has 0 aromatic heterocycles. The lowest BCUT2D eigenvalue weighted by molar-refractivity contribution is -0.286. The Bertz CT molecular complexity index is 146. The van der Waals surface area contributed by atoms with Crippen LogP contribution in [-0.4, -0.2) is 62.8 Å². The van der Waals surface area contributed by atoms with Crippen molar-refractivity contribution in [2.45, 2.75) is 30.7 Å². The van der Waals surface area contributed by atoms with Gasteiger partial charge in [0.25, 0.3) is 0 Å². The van der Waals surface area contributed by atoms with Crippen molar-refractivity contribution in [3.63, 3.8) is 0 Å². The van der Waals surface area contributed by atoms with Gasteiger partial charge in [-0.25, -0.2) is 0 Å². The number of rotatable bonds is 1. The van der Waals surface area contributed by atoms with Crippen LogP contribution in [0.3, 0.4) is 0 Å². The van der Waals surface area contributed by atoms with Gasteiger partial charge in [-0.3, -0.25) is 0 Å². The SMILES string of the molecule is OCC1OC(O)[C@H](O)C(O)C1O. The van der Waals surface area contributed by atoms with Crippen LogP contribution in [-0.2, 0) is 4.74 Å². The molecule has 1 fully saturated rings. The first-order chi connectivity index (χ1) is 5.57. The lowest BCUT2D eigenvalue weighted by Crippen LogP contribution is -2.58. The highest BCUT2D eigenvalue weighted by Crippen LogP contribution is 2.18. The van der Waals surface area contributed by atoms with Crippen molar-refractivity contribution in [2.24, 2.45) is 0 Å². The Morgan fingerprint density at radius 1 is 0.917 bits per heavy atom. The molecular weight excluding hydrogens is 168 g/mol. The summed E-state index contributed by atoms with van der Waals surface area (Å²) < 4.78 is 4.58. The minimum absolute atomic E-state index is 0.526. The fraction of sp³-hybridized carbons (Fsp3) is 1.00. The lowest BCUT2D eigenvalue weighted by atomic mass is 10.00. The van der Waals surface area contributed by atoms with Gasteiger partial charge in [0, 0.05) is 0 Å². The Hall–Kier alpha value is -0.240. The molecule has 1 aliphatic rings. The monoisotopic (exact) mass is 180 g/mol. The molecule has 72 valence electrons. The van der Waals surface area contributed by atoms with Crippen LogP contribution in [0.4, 0.5) is 0 Å². The molecule has 1 aliphatic heterocycles. The highest BCUT2D eigenvalue weighted by Gasteiger charge is 2.42. The molecule has 0 aliphatic carbocycles. The van der Waals surface area contributed by atoms with Crippen molar-refractivity contribution in [1.82, 2.24) is 0 Å². The van der Waals surface area contributed by atoms with E-state index in [2.05, 4.69) is 4.74 Å². The maximum atomic E-state index is 9.12. The topological polar surface area (TPSA) is 110 Å². The second-order valence-electron chi connectivity index (χ2n) is 2.72. The average molecular weight is 180 g/mol. The summed E-state index contributed by atoms with van der Waals surface area (Å²) in [7, 11) is 0. The normalized spacial score (nSPS) is 49.2. The molecule has 5 N–H and O–H groups in total. The molecule has 5 atom stereocenters. The molecule has 6 heteroatoms. The highest BCUT2D eigenvalue weighted by atomic mass is 16.6. The Balaban J connectivity index is 2.63. The third-order valence-corrected chi connectivity index (χ3v) is 1.87. The number of ether oxygens (including phenoxy) is 1. The molecule has 4 unspecified atom stereocenters. The molecule has 1 saturated heterocycles. The fourth-order valence-electron chi connectivity index (χ4n) is 1.08. The van der Waals surface area contributed by atoms with Crippen LogP contribution in [0.1, 0.15) is 0 Å². The van der Waals surface area contributed by atoms with E-state index in [1.807, 2.05) is 0 Å². The standard InChI is InChI=1S/C6H12O6/c7-1-2-3(8)4(9)5(10)6(11)12-2/h2-11H,1H2/t2?,3?,4?,5-,6?/m1/s1. The van der Waals surface area contributed by atoms with Crippen molar-refractivity contribution in [1.29, 1.82) is 0 Å². The van der Waals surface area contributed by atoms with Crippen LogP contribution in [0.5, 0.6) is 0 Å². The van der Waals surface area contributed by atoms with Gasteiger partial charge in [-0.2, -0.15) is 0 Å². The molecule has 1 rings (SSSR count). The Labute approximate surface area is 68.6 Å². The van der Waals surface area contributed by atoms with E-state index in [0.29, 0.717) is 0 Å². The molecule has 0 bridgehead atoms. The number of aliphatic hydroxyl groups is 5. The van der Waals surface area contributed by atoms with E-state index in [4.69, 9.17) is 25.5 Å². The minimum atomic E-state index is -1.57. The first-order valence-corrected chi connectivity index (χ1v) is 3.56. The van der Waals surface area contributed by atoms with Gasteiger partial charge in [-0.1, -0.05) is 0 Å². The number of hydrogen-bond acceptors (Lipinski definition) is 6. The molecule has 0 spiro atoms. The zero-order valence-corrected chi connectivity index (χ0v) is 6.24. The molecule has 0 amide bonds. The summed E-state index contributed by atoms with van der Waals surface area (Å²) in [5.41, 5.74) is 0. The maximum absolute atomic E-state index is 9.12. The molecule has 0 radical (unpaired) electrons. The first kappa shape index (κ1) is 9.85. The summed E-state index contributed by atoms with van der Waals surface area (Å²) >= 11 is 0. The third-order valence-electron chi connectivity index (χ3n) is 1.87. The van der Waals surface area contributed by atoms with Crippen molar-refractivity contribution in [3.8, 4) is 0 Å². The van der Waals surface area contributed by atoms with E-state index in [9.17, 15) is 0 Å². The molecule has 0 aromatic carbocycles. The zero-order valence-electron chi connectivity index (χ0n) is 6.24. The lowest BCUT2D eigenvalue weighted by Gasteiger charge is -2.37. The summed E-state index contributed by atoms with van der Waals surface area (Å²) in [5.74, 6) is 0. The van der Waals surface area contributed by atoms with E-state index in [1.165, 1.54) is 0 Å². The summed E-state index contributed by atoms with van der Waals surface area (Å²) in [6.07, 6.45) is -7.04. The Kier molecular flexibility index (Phi) is 2.99. The van der Waals surface area contributed by atoms with Gasteiger partial charge in [0.05, 0.1) is 6.61 Å². The zero-order chi connectivity index (χ0) is 9.30. The van der Waals surface area contributed by atoms with Crippen LogP contribution in [0, 0.1) is 0 Å². The van der Waals surface area contributed by atoms with Crippen LogP contribution in [0.2, 0.25) is 0 Å². The quantitative estimate of drug-likeness (QED) is 0.290. The summed E-state index contributed by atoms with van der Waals surface area (Å²) in [6, 6.07) is 0. The van der Waals surface area contributed by atoms with Crippen LogP contribution < -0.4 is 0 Å². The molecule has 0 saturated carbocycles. The highest BCUT2D eigenvalue weighted by molar-refractivity contribution is 4.87. The Morgan fingerprint density at radius 2 is 1.50 bits per heavy atom. The van der Waals surface area contributed by atoms with Crippen LogP contribution in [0.25, 0.3) is 0 Å². The fourth-order valence-corrected chi connectivity index (χ4v) is 1.08. The summed E-state index contributed by atoms with van der Waals surface area (Å²) in [5, 5.41) is 44.7. The van der Waals surface area contributed by atoms with Gasteiger partial charge in [0.15, 0.2) is 6.29 Å². The van der Waals surface area contributed by atoms with E-state index in [0.717, 1.165) is 0 Å². The third kappa shape index (κ3) is 1.58. The molecule has 1 heterocycles. The summed E-state index contributed by atoms with van der Waals surface area (Å²) in [4.78, 5) is 0. The largest absolute Gasteiger partial charge is 0.394 e. The van der Waals surface area contributed by atoms with Crippen molar-refractivity contribution in [3.05, 3.63) is 0 Å². The second-order valence-corrected chi connectivity index (χ2v) is 2.72. The van der Waals surface area contributed by atoms with Gasteiger partial charge in [0.1, 0.15) is 24.4 Å². The van der Waals surface area contributed by atoms with Crippen molar-refractivity contribution >= 4 is 0 Å². The summed E-state index contributed by atoms with van der Waals surface area (Å²) in [6.45, 7) is -0.526. The molecule has 12 heavy (non-hydrogen) atoms. The van der Waals surface area contributed by atoms with E-state index in [1.54, 1.807) is 0 Å². The van der Waals surface area contributed by atoms with E-state index < -0.39 is 37.3 Å². The molecule has 6 nitrogen and oxygen atoms in total. The van der Waals surface area contributed by atoms with Gasteiger partial charge in [-0.05, 0) is 0 Å². The smallest absolute Gasteiger partial charge is 0.184 e. The predicted octanol–water partition coefficient (Wildman–Crippen LogP) is -3.22. The molecular formula is C6H12O6. The minimum Gasteiger partial charge on any atom is -0.394 e. The van der Waals surface area contributed by atoms with Crippen molar-refractivity contribution in [2.75, 3.05) is 6.61 Å².